The highest BCUT2D eigenvalue weighted by Crippen LogP contribution is 2.24. The second-order valence-corrected chi connectivity index (χ2v) is 6.82. The van der Waals surface area contributed by atoms with E-state index in [0.29, 0.717) is 0 Å². The summed E-state index contributed by atoms with van der Waals surface area (Å²) in [6.45, 7) is 12.0. The Morgan fingerprint density at radius 3 is 1.88 bits per heavy atom. The van der Waals surface area contributed by atoms with Gasteiger partial charge in [0.2, 0.25) is 0 Å². The van der Waals surface area contributed by atoms with Crippen LogP contribution in [0.5, 0.6) is 0 Å². The van der Waals surface area contributed by atoms with E-state index in [1.807, 2.05) is 0 Å². The van der Waals surface area contributed by atoms with Crippen molar-refractivity contribution in [1.29, 1.82) is 0 Å². The first-order chi connectivity index (χ1) is 7.74. The molecule has 0 saturated carbocycles. The Kier molecular flexibility index (Phi) is 4.37. The van der Waals surface area contributed by atoms with Crippen molar-refractivity contribution in [3.63, 3.8) is 0 Å². The first-order valence-corrected chi connectivity index (χ1v) is 6.54. The second-order valence-electron chi connectivity index (χ2n) is 6.82. The summed E-state index contributed by atoms with van der Waals surface area (Å²) in [5.74, 6) is 0. The van der Waals surface area contributed by atoms with Crippen molar-refractivity contribution >= 4 is 0 Å². The van der Waals surface area contributed by atoms with Crippen molar-refractivity contribution in [1.82, 2.24) is 0 Å². The van der Waals surface area contributed by atoms with Gasteiger partial charge in [-0.2, -0.15) is 0 Å². The quantitative estimate of drug-likeness (QED) is 0.838. The normalized spacial score (nSPS) is 12.8. The Hall–Kier alpha value is -0.820. The van der Waals surface area contributed by atoms with Crippen LogP contribution < -0.4 is 5.73 Å². The van der Waals surface area contributed by atoms with Crippen LogP contribution in [0.25, 0.3) is 0 Å². The molecular weight excluding hydrogens is 206 g/mol. The van der Waals surface area contributed by atoms with Gasteiger partial charge in [-0.05, 0) is 41.3 Å². The lowest BCUT2D eigenvalue weighted by molar-refractivity contribution is 0.348. The summed E-state index contributed by atoms with van der Waals surface area (Å²) in [4.78, 5) is 0. The maximum atomic E-state index is 5.75. The minimum absolute atomic E-state index is 0.245. The first-order valence-electron chi connectivity index (χ1n) is 6.54. The summed E-state index contributed by atoms with van der Waals surface area (Å²) in [5.41, 5.74) is 9.07. The number of hydrogen-bond acceptors (Lipinski definition) is 1. The minimum atomic E-state index is 0.245. The van der Waals surface area contributed by atoms with Gasteiger partial charge in [-0.1, -0.05) is 58.9 Å². The van der Waals surface area contributed by atoms with Crippen molar-refractivity contribution in [2.45, 2.75) is 52.9 Å². The molecule has 0 aliphatic carbocycles. The van der Waals surface area contributed by atoms with E-state index < -0.39 is 0 Å². The van der Waals surface area contributed by atoms with Crippen molar-refractivity contribution in [2.24, 2.45) is 11.1 Å². The molecule has 0 atom stereocenters. The summed E-state index contributed by atoms with van der Waals surface area (Å²) in [6, 6.07) is 9.02. The van der Waals surface area contributed by atoms with E-state index in [0.717, 1.165) is 19.4 Å². The summed E-state index contributed by atoms with van der Waals surface area (Å²) < 4.78 is 0. The van der Waals surface area contributed by atoms with E-state index in [-0.39, 0.29) is 10.8 Å². The lowest BCUT2D eigenvalue weighted by Crippen LogP contribution is -2.24. The maximum absolute atomic E-state index is 5.75. The lowest BCUT2D eigenvalue weighted by atomic mass is 9.84. The molecule has 0 radical (unpaired) electrons. The van der Waals surface area contributed by atoms with Crippen LogP contribution in [0.3, 0.4) is 0 Å². The number of nitrogens with two attached hydrogens (primary N) is 1. The Morgan fingerprint density at radius 1 is 0.941 bits per heavy atom. The van der Waals surface area contributed by atoms with Gasteiger partial charge in [0.15, 0.2) is 0 Å². The van der Waals surface area contributed by atoms with Crippen molar-refractivity contribution in [2.75, 3.05) is 6.54 Å². The Morgan fingerprint density at radius 2 is 1.47 bits per heavy atom. The van der Waals surface area contributed by atoms with Gasteiger partial charge in [-0.25, -0.2) is 0 Å². The summed E-state index contributed by atoms with van der Waals surface area (Å²) in [6.07, 6.45) is 2.27. The monoisotopic (exact) mass is 233 g/mol. The zero-order valence-electron chi connectivity index (χ0n) is 12.0. The molecule has 0 aliphatic heterocycles. The van der Waals surface area contributed by atoms with Crippen LogP contribution in [-0.2, 0) is 11.8 Å². The van der Waals surface area contributed by atoms with Gasteiger partial charge in [-0.3, -0.25) is 0 Å². The van der Waals surface area contributed by atoms with Crippen LogP contribution in [0, 0.1) is 5.41 Å². The number of rotatable bonds is 4. The van der Waals surface area contributed by atoms with Crippen LogP contribution in [0.1, 0.15) is 52.2 Å². The Balaban J connectivity index is 2.64. The molecule has 0 spiro atoms. The van der Waals surface area contributed by atoms with Gasteiger partial charge in [0.25, 0.3) is 0 Å². The van der Waals surface area contributed by atoms with Crippen LogP contribution in [-0.4, -0.2) is 6.54 Å². The standard InChI is InChI=1S/C16H27N/c1-15(2,3)14-8-6-13(7-9-14)10-11-16(4,5)12-17/h6-9H,10-12,17H2,1-5H3. The van der Waals surface area contributed by atoms with E-state index in [9.17, 15) is 0 Å². The molecule has 0 aliphatic rings. The molecule has 0 unspecified atom stereocenters. The fourth-order valence-corrected chi connectivity index (χ4v) is 1.76. The van der Waals surface area contributed by atoms with Gasteiger partial charge in [0, 0.05) is 0 Å². The van der Waals surface area contributed by atoms with Crippen molar-refractivity contribution in [3.05, 3.63) is 35.4 Å². The van der Waals surface area contributed by atoms with Gasteiger partial charge in [0.05, 0.1) is 0 Å². The molecule has 1 aromatic carbocycles. The van der Waals surface area contributed by atoms with Gasteiger partial charge >= 0.3 is 0 Å². The molecule has 0 amide bonds. The molecule has 2 N–H and O–H groups in total. The van der Waals surface area contributed by atoms with E-state index >= 15 is 0 Å². The minimum Gasteiger partial charge on any atom is -0.330 e. The first kappa shape index (κ1) is 14.2. The molecule has 17 heavy (non-hydrogen) atoms. The average Bonchev–Trinajstić information content (AvgIpc) is 2.26. The van der Waals surface area contributed by atoms with Crippen molar-refractivity contribution in [3.8, 4) is 0 Å². The predicted octanol–water partition coefficient (Wildman–Crippen LogP) is 3.90. The molecule has 1 rings (SSSR count). The van der Waals surface area contributed by atoms with Crippen LogP contribution >= 0.6 is 0 Å². The van der Waals surface area contributed by atoms with E-state index in [2.05, 4.69) is 58.9 Å². The smallest absolute Gasteiger partial charge is 0.00257 e. The predicted molar refractivity (Wildman–Crippen MR) is 76.3 cm³/mol. The Labute approximate surface area is 106 Å². The number of benzene rings is 1. The molecule has 0 bridgehead atoms. The zero-order valence-corrected chi connectivity index (χ0v) is 12.0. The molecule has 0 fully saturated rings. The zero-order chi connectivity index (χ0) is 13.1. The van der Waals surface area contributed by atoms with E-state index in [1.165, 1.54) is 11.1 Å². The molecule has 1 nitrogen and oxygen atoms in total. The highest BCUT2D eigenvalue weighted by molar-refractivity contribution is 5.27. The third-order valence-electron chi connectivity index (χ3n) is 3.46. The molecule has 1 heteroatoms. The highest BCUT2D eigenvalue weighted by atomic mass is 14.6. The van der Waals surface area contributed by atoms with Gasteiger partial charge < -0.3 is 5.73 Å². The third-order valence-corrected chi connectivity index (χ3v) is 3.46. The van der Waals surface area contributed by atoms with Crippen LogP contribution in [0.2, 0.25) is 0 Å². The van der Waals surface area contributed by atoms with E-state index in [1.54, 1.807) is 0 Å². The largest absolute Gasteiger partial charge is 0.330 e. The van der Waals surface area contributed by atoms with Crippen molar-refractivity contribution < 1.29 is 0 Å². The molecule has 1 aromatic rings. The summed E-state index contributed by atoms with van der Waals surface area (Å²) >= 11 is 0. The molecular formula is C16H27N. The van der Waals surface area contributed by atoms with Crippen LogP contribution in [0.4, 0.5) is 0 Å². The van der Waals surface area contributed by atoms with Crippen LogP contribution in [0.15, 0.2) is 24.3 Å². The topological polar surface area (TPSA) is 26.0 Å². The number of aryl methyl sites for hydroxylation is 1. The number of hydrogen-bond donors (Lipinski definition) is 1. The maximum Gasteiger partial charge on any atom is -0.00257 e. The lowest BCUT2D eigenvalue weighted by Gasteiger charge is -2.23. The molecule has 0 heterocycles. The second kappa shape index (κ2) is 5.22. The SMILES string of the molecule is CC(C)(CN)CCc1ccc(C(C)(C)C)cc1. The fourth-order valence-electron chi connectivity index (χ4n) is 1.76. The highest BCUT2D eigenvalue weighted by Gasteiger charge is 2.16. The van der Waals surface area contributed by atoms with Gasteiger partial charge in [0.1, 0.15) is 0 Å². The third kappa shape index (κ3) is 4.51. The summed E-state index contributed by atoms with van der Waals surface area (Å²) in [5, 5.41) is 0. The molecule has 0 aromatic heterocycles. The van der Waals surface area contributed by atoms with Gasteiger partial charge in [-0.15, -0.1) is 0 Å². The Bertz CT molecular complexity index is 341. The fraction of sp³-hybridized carbons (Fsp3) is 0.625. The van der Waals surface area contributed by atoms with E-state index in [4.69, 9.17) is 5.73 Å². The molecule has 0 saturated heterocycles. The molecule has 96 valence electrons. The average molecular weight is 233 g/mol. The summed E-state index contributed by atoms with van der Waals surface area (Å²) in [7, 11) is 0.